The molecule has 2 rings (SSSR count). The molecule has 5 nitrogen and oxygen atoms in total. The molecule has 2 aromatic carbocycles. The summed E-state index contributed by atoms with van der Waals surface area (Å²) in [5.41, 5.74) is -0.404. The van der Waals surface area contributed by atoms with Gasteiger partial charge in [-0.15, -0.1) is 0 Å². The minimum absolute atomic E-state index is 0.136. The Hall–Kier alpha value is -1.81. The van der Waals surface area contributed by atoms with Crippen molar-refractivity contribution in [3.8, 4) is 0 Å². The Labute approximate surface area is 176 Å². The molecule has 0 atom stereocenters. The lowest BCUT2D eigenvalue weighted by atomic mass is 10.2. The SMILES string of the molecule is CCN(CC(=O)NCc1ccc(Cl)cc1)S(=O)(=O)c1cc(C(F)(F)F)ccc1Cl. The molecule has 0 radical (unpaired) electrons. The summed E-state index contributed by atoms with van der Waals surface area (Å²) in [5.74, 6) is -0.617. The summed E-state index contributed by atoms with van der Waals surface area (Å²) >= 11 is 11.6. The van der Waals surface area contributed by atoms with Crippen LogP contribution in [0.3, 0.4) is 0 Å². The summed E-state index contributed by atoms with van der Waals surface area (Å²) in [7, 11) is -4.43. The first-order chi connectivity index (χ1) is 13.4. The number of carbonyl (C=O) groups is 1. The second-order valence-corrected chi connectivity index (χ2v) is 8.73. The van der Waals surface area contributed by atoms with E-state index >= 15 is 0 Å². The van der Waals surface area contributed by atoms with E-state index in [1.54, 1.807) is 24.3 Å². The average molecular weight is 469 g/mol. The largest absolute Gasteiger partial charge is 0.416 e. The Balaban J connectivity index is 2.17. The van der Waals surface area contributed by atoms with Crippen molar-refractivity contribution in [3.05, 3.63) is 63.6 Å². The maximum Gasteiger partial charge on any atom is 0.416 e. The molecule has 29 heavy (non-hydrogen) atoms. The van der Waals surface area contributed by atoms with Gasteiger partial charge in [0.1, 0.15) is 4.90 Å². The van der Waals surface area contributed by atoms with Gasteiger partial charge in [-0.05, 0) is 35.9 Å². The van der Waals surface area contributed by atoms with Gasteiger partial charge < -0.3 is 5.32 Å². The number of alkyl halides is 3. The Morgan fingerprint density at radius 1 is 1.10 bits per heavy atom. The lowest BCUT2D eigenvalue weighted by Gasteiger charge is -2.21. The van der Waals surface area contributed by atoms with Gasteiger partial charge in [0.25, 0.3) is 0 Å². The van der Waals surface area contributed by atoms with Gasteiger partial charge in [0, 0.05) is 18.1 Å². The molecule has 2 aromatic rings. The molecule has 1 amide bonds. The summed E-state index contributed by atoms with van der Waals surface area (Å²) < 4.78 is 65.2. The summed E-state index contributed by atoms with van der Waals surface area (Å²) in [6, 6.07) is 8.69. The number of benzene rings is 2. The van der Waals surface area contributed by atoms with E-state index in [-0.39, 0.29) is 18.1 Å². The van der Waals surface area contributed by atoms with Gasteiger partial charge in [-0.1, -0.05) is 42.3 Å². The van der Waals surface area contributed by atoms with Gasteiger partial charge in [0.15, 0.2) is 0 Å². The minimum Gasteiger partial charge on any atom is -0.351 e. The molecule has 0 saturated heterocycles. The van der Waals surface area contributed by atoms with E-state index in [1.165, 1.54) is 6.92 Å². The summed E-state index contributed by atoms with van der Waals surface area (Å²) in [6.45, 7) is 0.895. The highest BCUT2D eigenvalue weighted by molar-refractivity contribution is 7.89. The smallest absolute Gasteiger partial charge is 0.351 e. The number of amides is 1. The van der Waals surface area contributed by atoms with Gasteiger partial charge >= 0.3 is 6.18 Å². The maximum atomic E-state index is 12.9. The molecule has 0 spiro atoms. The molecule has 0 saturated carbocycles. The van der Waals surface area contributed by atoms with Crippen molar-refractivity contribution in [1.29, 1.82) is 0 Å². The Bertz CT molecular complexity index is 981. The molecule has 11 heteroatoms. The Morgan fingerprint density at radius 3 is 2.28 bits per heavy atom. The van der Waals surface area contributed by atoms with Crippen LogP contribution in [0.4, 0.5) is 13.2 Å². The zero-order valence-electron chi connectivity index (χ0n) is 15.1. The standard InChI is InChI=1S/C18H17Cl2F3N2O3S/c1-2-25(11-17(26)24-10-12-3-6-14(19)7-4-12)29(27,28)16-9-13(18(21,22)23)5-8-15(16)20/h3-9H,2,10-11H2,1H3,(H,24,26). The molecule has 0 fully saturated rings. The predicted molar refractivity (Wildman–Crippen MR) is 104 cm³/mol. The number of rotatable bonds is 7. The van der Waals surface area contributed by atoms with Crippen molar-refractivity contribution in [2.45, 2.75) is 24.5 Å². The fourth-order valence-electron chi connectivity index (χ4n) is 2.40. The molecule has 0 aliphatic rings. The quantitative estimate of drug-likeness (QED) is 0.657. The third kappa shape index (κ3) is 6.08. The molecular weight excluding hydrogens is 452 g/mol. The predicted octanol–water partition coefficient (Wildman–Crippen LogP) is 4.34. The van der Waals surface area contributed by atoms with Gasteiger partial charge in [-0.25, -0.2) is 8.42 Å². The molecule has 0 bridgehead atoms. The number of hydrogen-bond acceptors (Lipinski definition) is 3. The van der Waals surface area contributed by atoms with Gasteiger partial charge in [0.2, 0.25) is 15.9 Å². The van der Waals surface area contributed by atoms with Crippen LogP contribution in [-0.4, -0.2) is 31.7 Å². The van der Waals surface area contributed by atoms with E-state index < -0.39 is 39.1 Å². The van der Waals surface area contributed by atoms with Crippen LogP contribution in [0.15, 0.2) is 47.4 Å². The fourth-order valence-corrected chi connectivity index (χ4v) is 4.43. The lowest BCUT2D eigenvalue weighted by molar-refractivity contribution is -0.137. The zero-order valence-corrected chi connectivity index (χ0v) is 17.5. The van der Waals surface area contributed by atoms with Crippen molar-refractivity contribution in [2.24, 2.45) is 0 Å². The Kier molecular flexibility index (Phi) is 7.56. The van der Waals surface area contributed by atoms with Crippen LogP contribution in [-0.2, 0) is 27.5 Å². The number of nitrogens with zero attached hydrogens (tertiary/aromatic N) is 1. The van der Waals surface area contributed by atoms with E-state index in [0.29, 0.717) is 17.2 Å². The Morgan fingerprint density at radius 2 is 1.72 bits per heavy atom. The summed E-state index contributed by atoms with van der Waals surface area (Å²) in [5, 5.41) is 2.72. The third-order valence-corrected chi connectivity index (χ3v) is 6.61. The highest BCUT2D eigenvalue weighted by Crippen LogP contribution is 2.34. The first-order valence-corrected chi connectivity index (χ1v) is 10.5. The number of likely N-dealkylation sites (N-methyl/N-ethyl adjacent to an activating group) is 1. The van der Waals surface area contributed by atoms with Crippen LogP contribution in [0.5, 0.6) is 0 Å². The first-order valence-electron chi connectivity index (χ1n) is 8.33. The van der Waals surface area contributed by atoms with E-state index in [0.717, 1.165) is 15.9 Å². The molecule has 158 valence electrons. The molecule has 0 heterocycles. The van der Waals surface area contributed by atoms with Crippen LogP contribution >= 0.6 is 23.2 Å². The number of halogens is 5. The van der Waals surface area contributed by atoms with Crippen molar-refractivity contribution in [2.75, 3.05) is 13.1 Å². The number of hydrogen-bond donors (Lipinski definition) is 1. The molecule has 0 unspecified atom stereocenters. The summed E-state index contributed by atoms with van der Waals surface area (Å²) in [4.78, 5) is 11.5. The maximum absolute atomic E-state index is 12.9. The normalized spacial score (nSPS) is 12.2. The average Bonchev–Trinajstić information content (AvgIpc) is 2.64. The highest BCUT2D eigenvalue weighted by atomic mass is 35.5. The van der Waals surface area contributed by atoms with Crippen molar-refractivity contribution in [3.63, 3.8) is 0 Å². The van der Waals surface area contributed by atoms with Gasteiger partial charge in [-0.3, -0.25) is 4.79 Å². The minimum atomic E-state index is -4.73. The number of sulfonamides is 1. The van der Waals surface area contributed by atoms with E-state index in [2.05, 4.69) is 5.32 Å². The summed E-state index contributed by atoms with van der Waals surface area (Å²) in [6.07, 6.45) is -4.73. The van der Waals surface area contributed by atoms with Crippen molar-refractivity contribution < 1.29 is 26.4 Å². The topological polar surface area (TPSA) is 66.5 Å². The molecular formula is C18H17Cl2F3N2O3S. The van der Waals surface area contributed by atoms with Crippen LogP contribution in [0, 0.1) is 0 Å². The van der Waals surface area contributed by atoms with E-state index in [4.69, 9.17) is 23.2 Å². The molecule has 1 N–H and O–H groups in total. The van der Waals surface area contributed by atoms with E-state index in [1.807, 2.05) is 0 Å². The molecule has 0 aliphatic heterocycles. The van der Waals surface area contributed by atoms with Crippen LogP contribution in [0.1, 0.15) is 18.1 Å². The zero-order chi connectivity index (χ0) is 21.8. The van der Waals surface area contributed by atoms with E-state index in [9.17, 15) is 26.4 Å². The van der Waals surface area contributed by atoms with Crippen LogP contribution < -0.4 is 5.32 Å². The molecule has 0 aromatic heterocycles. The fraction of sp³-hybridized carbons (Fsp3) is 0.278. The number of nitrogens with one attached hydrogen (secondary N) is 1. The lowest BCUT2D eigenvalue weighted by Crippen LogP contribution is -2.40. The third-order valence-electron chi connectivity index (χ3n) is 3.95. The van der Waals surface area contributed by atoms with Crippen LogP contribution in [0.2, 0.25) is 10.0 Å². The van der Waals surface area contributed by atoms with Gasteiger partial charge in [0.05, 0.1) is 17.1 Å². The number of carbonyl (C=O) groups excluding carboxylic acids is 1. The highest BCUT2D eigenvalue weighted by Gasteiger charge is 2.34. The monoisotopic (exact) mass is 468 g/mol. The first kappa shape index (κ1) is 23.5. The second kappa shape index (κ2) is 9.34. The van der Waals surface area contributed by atoms with Gasteiger partial charge in [-0.2, -0.15) is 17.5 Å². The van der Waals surface area contributed by atoms with Crippen molar-refractivity contribution >= 4 is 39.1 Å². The van der Waals surface area contributed by atoms with Crippen molar-refractivity contribution in [1.82, 2.24) is 9.62 Å². The second-order valence-electron chi connectivity index (χ2n) is 5.98. The van der Waals surface area contributed by atoms with Crippen LogP contribution in [0.25, 0.3) is 0 Å². The molecule has 0 aliphatic carbocycles.